The molecule has 0 heterocycles. The average molecular weight is 187 g/mol. The van der Waals surface area contributed by atoms with Gasteiger partial charge in [-0.3, -0.25) is 0 Å². The third-order valence-corrected chi connectivity index (χ3v) is 2.08. The topological polar surface area (TPSA) is 9.72 Å². The van der Waals surface area contributed by atoms with E-state index in [9.17, 15) is 0 Å². The van der Waals surface area contributed by atoms with Crippen LogP contribution in [0.5, 0.6) is 0 Å². The summed E-state index contributed by atoms with van der Waals surface area (Å²) in [6.45, 7) is 7.83. The molecule has 0 atom stereocenters. The van der Waals surface area contributed by atoms with Crippen molar-refractivity contribution in [3.63, 3.8) is 0 Å². The van der Waals surface area contributed by atoms with Crippen LogP contribution in [-0.4, -0.2) is 62.7 Å². The first-order chi connectivity index (χ1) is 5.93. The van der Waals surface area contributed by atoms with Crippen LogP contribution in [0.4, 0.5) is 0 Å². The Kier molecular flexibility index (Phi) is 6.29. The Balaban J connectivity index is 3.62. The summed E-state index contributed by atoms with van der Waals surface area (Å²) < 4.78 is 0. The van der Waals surface area contributed by atoms with Gasteiger partial charge in [0.2, 0.25) is 0 Å². The van der Waals surface area contributed by atoms with Crippen molar-refractivity contribution < 1.29 is 0 Å². The summed E-state index contributed by atoms with van der Waals surface area (Å²) in [5.74, 6) is 0.729. The van der Waals surface area contributed by atoms with Gasteiger partial charge in [-0.05, 0) is 20.0 Å². The standard InChI is InChI=1S/C10H25N3/c1-10(2)9-13(6)12(5)8-7-11(3)4/h10H,7-9H2,1-6H3. The minimum Gasteiger partial charge on any atom is -0.308 e. The van der Waals surface area contributed by atoms with Crippen LogP contribution in [0.15, 0.2) is 0 Å². The first-order valence-electron chi connectivity index (χ1n) is 5.00. The van der Waals surface area contributed by atoms with Crippen molar-refractivity contribution in [2.24, 2.45) is 5.92 Å². The highest BCUT2D eigenvalue weighted by atomic mass is 15.6. The summed E-state index contributed by atoms with van der Waals surface area (Å²) >= 11 is 0. The van der Waals surface area contributed by atoms with Gasteiger partial charge in [0.25, 0.3) is 0 Å². The number of nitrogens with zero attached hydrogens (tertiary/aromatic N) is 3. The summed E-state index contributed by atoms with van der Waals surface area (Å²) in [5.41, 5.74) is 0. The molecule has 0 rings (SSSR count). The highest BCUT2D eigenvalue weighted by Gasteiger charge is 2.07. The Morgan fingerprint density at radius 3 is 1.77 bits per heavy atom. The molecule has 0 bridgehead atoms. The lowest BCUT2D eigenvalue weighted by atomic mass is 10.2. The second-order valence-electron chi connectivity index (χ2n) is 4.42. The van der Waals surface area contributed by atoms with Crippen molar-refractivity contribution >= 4 is 0 Å². The van der Waals surface area contributed by atoms with E-state index >= 15 is 0 Å². The molecule has 0 aromatic carbocycles. The molecule has 0 aromatic heterocycles. The lowest BCUT2D eigenvalue weighted by Crippen LogP contribution is -2.42. The fourth-order valence-electron chi connectivity index (χ4n) is 1.18. The second-order valence-corrected chi connectivity index (χ2v) is 4.42. The third-order valence-electron chi connectivity index (χ3n) is 2.08. The minimum absolute atomic E-state index is 0.729. The summed E-state index contributed by atoms with van der Waals surface area (Å²) in [4.78, 5) is 2.21. The molecular weight excluding hydrogens is 162 g/mol. The van der Waals surface area contributed by atoms with Gasteiger partial charge in [0, 0.05) is 33.7 Å². The fraction of sp³-hybridized carbons (Fsp3) is 1.00. The second kappa shape index (κ2) is 6.35. The van der Waals surface area contributed by atoms with Crippen molar-refractivity contribution in [2.75, 3.05) is 47.8 Å². The third kappa shape index (κ3) is 6.99. The van der Waals surface area contributed by atoms with Gasteiger partial charge in [0.05, 0.1) is 0 Å². The molecule has 0 aliphatic heterocycles. The first kappa shape index (κ1) is 12.9. The molecule has 0 unspecified atom stereocenters. The van der Waals surface area contributed by atoms with Crippen LogP contribution >= 0.6 is 0 Å². The van der Waals surface area contributed by atoms with Crippen molar-refractivity contribution in [1.82, 2.24) is 14.9 Å². The Morgan fingerprint density at radius 2 is 1.38 bits per heavy atom. The summed E-state index contributed by atoms with van der Waals surface area (Å²) in [7, 11) is 8.51. The Hall–Kier alpha value is -0.120. The summed E-state index contributed by atoms with van der Waals surface area (Å²) in [6, 6.07) is 0. The molecule has 0 radical (unpaired) electrons. The lowest BCUT2D eigenvalue weighted by Gasteiger charge is -2.30. The molecular formula is C10H25N3. The largest absolute Gasteiger partial charge is 0.308 e. The van der Waals surface area contributed by atoms with E-state index in [1.807, 2.05) is 0 Å². The zero-order valence-corrected chi connectivity index (χ0v) is 10.0. The van der Waals surface area contributed by atoms with Crippen LogP contribution in [0.25, 0.3) is 0 Å². The van der Waals surface area contributed by atoms with E-state index in [2.05, 4.69) is 57.0 Å². The molecule has 3 nitrogen and oxygen atoms in total. The number of likely N-dealkylation sites (N-methyl/N-ethyl adjacent to an activating group) is 2. The molecule has 0 saturated heterocycles. The number of hydrogen-bond donors (Lipinski definition) is 0. The normalized spacial score (nSPS) is 12.5. The maximum Gasteiger partial charge on any atom is 0.0257 e. The number of hydrogen-bond acceptors (Lipinski definition) is 3. The minimum atomic E-state index is 0.729. The predicted octanol–water partition coefficient (Wildman–Crippen LogP) is 0.983. The molecule has 0 aliphatic rings. The number of hydrazine groups is 1. The monoisotopic (exact) mass is 187 g/mol. The summed E-state index contributed by atoms with van der Waals surface area (Å²) in [6.07, 6.45) is 0. The zero-order valence-electron chi connectivity index (χ0n) is 10.0. The van der Waals surface area contributed by atoms with Gasteiger partial charge >= 0.3 is 0 Å². The van der Waals surface area contributed by atoms with Gasteiger partial charge in [0.1, 0.15) is 0 Å². The van der Waals surface area contributed by atoms with Crippen molar-refractivity contribution in [3.8, 4) is 0 Å². The van der Waals surface area contributed by atoms with E-state index in [-0.39, 0.29) is 0 Å². The highest BCUT2D eigenvalue weighted by molar-refractivity contribution is 4.54. The Bertz CT molecular complexity index is 123. The van der Waals surface area contributed by atoms with Gasteiger partial charge in [-0.15, -0.1) is 0 Å². The molecule has 13 heavy (non-hydrogen) atoms. The molecule has 0 aliphatic carbocycles. The molecule has 3 heteroatoms. The Morgan fingerprint density at radius 1 is 0.846 bits per heavy atom. The predicted molar refractivity (Wildman–Crippen MR) is 58.7 cm³/mol. The van der Waals surface area contributed by atoms with Gasteiger partial charge in [0.15, 0.2) is 0 Å². The van der Waals surface area contributed by atoms with Crippen LogP contribution in [-0.2, 0) is 0 Å². The van der Waals surface area contributed by atoms with Crippen LogP contribution < -0.4 is 0 Å². The lowest BCUT2D eigenvalue weighted by molar-refractivity contribution is 0.0123. The molecule has 0 fully saturated rings. The van der Waals surface area contributed by atoms with E-state index in [0.29, 0.717) is 0 Å². The first-order valence-corrected chi connectivity index (χ1v) is 5.00. The SMILES string of the molecule is CC(C)CN(C)N(C)CCN(C)C. The van der Waals surface area contributed by atoms with Gasteiger partial charge in [-0.25, -0.2) is 10.0 Å². The van der Waals surface area contributed by atoms with E-state index in [4.69, 9.17) is 0 Å². The van der Waals surface area contributed by atoms with E-state index in [1.165, 1.54) is 0 Å². The van der Waals surface area contributed by atoms with Crippen LogP contribution in [0, 0.1) is 5.92 Å². The number of rotatable bonds is 6. The van der Waals surface area contributed by atoms with Gasteiger partial charge in [-0.2, -0.15) is 0 Å². The van der Waals surface area contributed by atoms with Crippen molar-refractivity contribution in [1.29, 1.82) is 0 Å². The average Bonchev–Trinajstić information content (AvgIpc) is 1.98. The molecule has 0 amide bonds. The van der Waals surface area contributed by atoms with E-state index in [0.717, 1.165) is 25.6 Å². The van der Waals surface area contributed by atoms with Crippen LogP contribution in [0.3, 0.4) is 0 Å². The maximum absolute atomic E-state index is 2.29. The van der Waals surface area contributed by atoms with Gasteiger partial charge in [-0.1, -0.05) is 13.8 Å². The van der Waals surface area contributed by atoms with E-state index in [1.54, 1.807) is 0 Å². The Labute approximate surface area is 83.3 Å². The van der Waals surface area contributed by atoms with Crippen LogP contribution in [0.2, 0.25) is 0 Å². The van der Waals surface area contributed by atoms with Crippen molar-refractivity contribution in [3.05, 3.63) is 0 Å². The summed E-state index contributed by atoms with van der Waals surface area (Å²) in [5, 5.41) is 4.56. The van der Waals surface area contributed by atoms with Gasteiger partial charge < -0.3 is 4.90 Å². The van der Waals surface area contributed by atoms with Crippen molar-refractivity contribution in [2.45, 2.75) is 13.8 Å². The smallest absolute Gasteiger partial charge is 0.0257 e. The zero-order chi connectivity index (χ0) is 10.4. The maximum atomic E-state index is 2.29. The van der Waals surface area contributed by atoms with Crippen LogP contribution in [0.1, 0.15) is 13.8 Å². The molecule has 0 aromatic rings. The highest BCUT2D eigenvalue weighted by Crippen LogP contribution is 1.98. The van der Waals surface area contributed by atoms with E-state index < -0.39 is 0 Å². The molecule has 0 spiro atoms. The fourth-order valence-corrected chi connectivity index (χ4v) is 1.18. The molecule has 80 valence electrons. The molecule has 0 N–H and O–H groups in total. The molecule has 0 saturated carbocycles. The quantitative estimate of drug-likeness (QED) is 0.574.